The summed E-state index contributed by atoms with van der Waals surface area (Å²) in [5.41, 5.74) is 0. The van der Waals surface area contributed by atoms with E-state index in [0.717, 1.165) is 4.88 Å². The molecular formula is C14H19NO4S. The molecule has 1 atom stereocenters. The van der Waals surface area contributed by atoms with Crippen molar-refractivity contribution in [3.05, 3.63) is 22.4 Å². The third kappa shape index (κ3) is 3.58. The molecule has 2 rings (SSSR count). The summed E-state index contributed by atoms with van der Waals surface area (Å²) in [6.07, 6.45) is 1.41. The topological polar surface area (TPSA) is 66.8 Å². The van der Waals surface area contributed by atoms with Crippen LogP contribution in [0.25, 0.3) is 0 Å². The predicted molar refractivity (Wildman–Crippen MR) is 75.9 cm³/mol. The first kappa shape index (κ1) is 15.0. The summed E-state index contributed by atoms with van der Waals surface area (Å²) >= 11 is 1.52. The van der Waals surface area contributed by atoms with Crippen molar-refractivity contribution in [3.63, 3.8) is 0 Å². The Kier molecular flexibility index (Phi) is 5.14. The Balaban J connectivity index is 2.12. The van der Waals surface area contributed by atoms with Crippen molar-refractivity contribution in [1.82, 2.24) is 4.90 Å². The monoisotopic (exact) mass is 297 g/mol. The van der Waals surface area contributed by atoms with Gasteiger partial charge in [-0.25, -0.2) is 0 Å². The van der Waals surface area contributed by atoms with Crippen LogP contribution >= 0.6 is 11.3 Å². The van der Waals surface area contributed by atoms with Gasteiger partial charge in [0, 0.05) is 24.1 Å². The number of rotatable bonds is 5. The summed E-state index contributed by atoms with van der Waals surface area (Å²) in [6.45, 7) is 2.77. The van der Waals surface area contributed by atoms with Crippen molar-refractivity contribution in [2.24, 2.45) is 0 Å². The molecule has 6 heteroatoms. The minimum absolute atomic E-state index is 0.0326. The molecule has 0 saturated carbocycles. The predicted octanol–water partition coefficient (Wildman–Crippen LogP) is 1.94. The Bertz CT molecular complexity index is 454. The van der Waals surface area contributed by atoms with Gasteiger partial charge in [-0.3, -0.25) is 9.59 Å². The van der Waals surface area contributed by atoms with Gasteiger partial charge in [0.2, 0.25) is 5.91 Å². The van der Waals surface area contributed by atoms with E-state index < -0.39 is 5.97 Å². The average molecular weight is 297 g/mol. The van der Waals surface area contributed by atoms with Gasteiger partial charge in [-0.1, -0.05) is 6.07 Å². The largest absolute Gasteiger partial charge is 0.480 e. The Labute approximate surface area is 122 Å². The molecule has 110 valence electrons. The van der Waals surface area contributed by atoms with E-state index in [1.807, 2.05) is 24.4 Å². The highest BCUT2D eigenvalue weighted by atomic mass is 32.1. The minimum Gasteiger partial charge on any atom is -0.480 e. The summed E-state index contributed by atoms with van der Waals surface area (Å²) < 4.78 is 5.28. The van der Waals surface area contributed by atoms with Gasteiger partial charge in [-0.2, -0.15) is 0 Å². The summed E-state index contributed by atoms with van der Waals surface area (Å²) in [6, 6.07) is 3.78. The van der Waals surface area contributed by atoms with Crippen LogP contribution in [0.4, 0.5) is 0 Å². The molecule has 0 bridgehead atoms. The number of carboxylic acid groups (broad SMARTS) is 1. The molecule has 0 spiro atoms. The zero-order chi connectivity index (χ0) is 14.5. The lowest BCUT2D eigenvalue weighted by atomic mass is 10.0. The van der Waals surface area contributed by atoms with Crippen LogP contribution in [0.5, 0.6) is 0 Å². The smallest absolute Gasteiger partial charge is 0.323 e. The lowest BCUT2D eigenvalue weighted by Gasteiger charge is -2.34. The van der Waals surface area contributed by atoms with Gasteiger partial charge in [0.1, 0.15) is 6.54 Å². The fourth-order valence-corrected chi connectivity index (χ4v) is 3.21. The first-order valence-electron chi connectivity index (χ1n) is 6.73. The maximum Gasteiger partial charge on any atom is 0.323 e. The first-order chi connectivity index (χ1) is 9.59. The second kappa shape index (κ2) is 6.85. The molecule has 20 heavy (non-hydrogen) atoms. The van der Waals surface area contributed by atoms with Crippen LogP contribution in [0.2, 0.25) is 0 Å². The molecule has 5 nitrogen and oxygen atoms in total. The van der Waals surface area contributed by atoms with Crippen LogP contribution in [0.1, 0.15) is 30.6 Å². The number of aliphatic carboxylic acids is 1. The molecule has 0 radical (unpaired) electrons. The Morgan fingerprint density at radius 2 is 2.20 bits per heavy atom. The van der Waals surface area contributed by atoms with Gasteiger partial charge < -0.3 is 14.7 Å². The number of hydrogen-bond donors (Lipinski definition) is 1. The molecule has 1 aliphatic rings. The van der Waals surface area contributed by atoms with Gasteiger partial charge in [-0.15, -0.1) is 11.3 Å². The van der Waals surface area contributed by atoms with Crippen molar-refractivity contribution in [3.8, 4) is 0 Å². The van der Waals surface area contributed by atoms with E-state index >= 15 is 0 Å². The van der Waals surface area contributed by atoms with Gasteiger partial charge in [0.15, 0.2) is 0 Å². The van der Waals surface area contributed by atoms with Gasteiger partial charge >= 0.3 is 5.97 Å². The molecule has 1 aliphatic heterocycles. The van der Waals surface area contributed by atoms with Gasteiger partial charge in [0.25, 0.3) is 0 Å². The van der Waals surface area contributed by atoms with Crippen molar-refractivity contribution in [1.29, 1.82) is 0 Å². The number of amides is 1. The molecule has 1 fully saturated rings. The van der Waals surface area contributed by atoms with Crippen molar-refractivity contribution in [2.45, 2.75) is 31.7 Å². The molecule has 1 aromatic rings. The molecular weight excluding hydrogens is 278 g/mol. The highest BCUT2D eigenvalue weighted by Crippen LogP contribution is 2.25. The molecule has 1 N–H and O–H groups in total. The fourth-order valence-electron chi connectivity index (χ4n) is 2.44. The molecule has 0 aromatic carbocycles. The zero-order valence-electron chi connectivity index (χ0n) is 11.4. The lowest BCUT2D eigenvalue weighted by Crippen LogP contribution is -2.47. The maximum absolute atomic E-state index is 12.6. The molecule has 1 amide bonds. The Hall–Kier alpha value is -1.40. The number of carboxylic acids is 1. The number of nitrogens with zero attached hydrogens (tertiary/aromatic N) is 1. The molecule has 1 saturated heterocycles. The average Bonchev–Trinajstić information content (AvgIpc) is 2.98. The van der Waals surface area contributed by atoms with E-state index in [-0.39, 0.29) is 24.4 Å². The van der Waals surface area contributed by atoms with Crippen LogP contribution in [-0.4, -0.2) is 47.7 Å². The Morgan fingerprint density at radius 1 is 1.50 bits per heavy atom. The summed E-state index contributed by atoms with van der Waals surface area (Å²) in [4.78, 5) is 26.1. The van der Waals surface area contributed by atoms with Gasteiger partial charge in [0.05, 0.1) is 5.92 Å². The van der Waals surface area contributed by atoms with Crippen LogP contribution in [-0.2, 0) is 14.3 Å². The third-order valence-corrected chi connectivity index (χ3v) is 4.62. The quantitative estimate of drug-likeness (QED) is 0.902. The standard InChI is InChI=1S/C14H19NO4S/c1-10(12-3-2-8-20-12)14(18)15(9-13(16)17)11-4-6-19-7-5-11/h2-3,8,10-11H,4-7,9H2,1H3,(H,16,17). The number of ether oxygens (including phenoxy) is 1. The van der Waals surface area contributed by atoms with Crippen LogP contribution in [0.3, 0.4) is 0 Å². The highest BCUT2D eigenvalue weighted by Gasteiger charge is 2.31. The van der Waals surface area contributed by atoms with E-state index in [0.29, 0.717) is 26.1 Å². The van der Waals surface area contributed by atoms with Crippen molar-refractivity contribution < 1.29 is 19.4 Å². The van der Waals surface area contributed by atoms with E-state index in [9.17, 15) is 9.59 Å². The number of carbonyl (C=O) groups is 2. The number of hydrogen-bond acceptors (Lipinski definition) is 4. The molecule has 1 unspecified atom stereocenters. The third-order valence-electron chi connectivity index (χ3n) is 3.56. The normalized spacial score (nSPS) is 17.6. The van der Waals surface area contributed by atoms with E-state index in [1.54, 1.807) is 0 Å². The zero-order valence-corrected chi connectivity index (χ0v) is 12.3. The summed E-state index contributed by atoms with van der Waals surface area (Å²) in [5, 5.41) is 11.0. The van der Waals surface area contributed by atoms with Crippen molar-refractivity contribution in [2.75, 3.05) is 19.8 Å². The van der Waals surface area contributed by atoms with Crippen LogP contribution in [0.15, 0.2) is 17.5 Å². The maximum atomic E-state index is 12.6. The molecule has 2 heterocycles. The van der Waals surface area contributed by atoms with Crippen LogP contribution < -0.4 is 0 Å². The van der Waals surface area contributed by atoms with E-state index in [1.165, 1.54) is 16.2 Å². The minimum atomic E-state index is -0.969. The van der Waals surface area contributed by atoms with E-state index in [2.05, 4.69) is 0 Å². The van der Waals surface area contributed by atoms with Gasteiger partial charge in [-0.05, 0) is 31.2 Å². The van der Waals surface area contributed by atoms with Crippen molar-refractivity contribution >= 4 is 23.2 Å². The molecule has 0 aliphatic carbocycles. The summed E-state index contributed by atoms with van der Waals surface area (Å²) in [5.74, 6) is -1.37. The Morgan fingerprint density at radius 3 is 2.75 bits per heavy atom. The molecule has 1 aromatic heterocycles. The summed E-state index contributed by atoms with van der Waals surface area (Å²) in [7, 11) is 0. The van der Waals surface area contributed by atoms with Crippen LogP contribution in [0, 0.1) is 0 Å². The fraction of sp³-hybridized carbons (Fsp3) is 0.571. The second-order valence-corrected chi connectivity index (χ2v) is 5.92. The SMILES string of the molecule is CC(C(=O)N(CC(=O)O)C1CCOCC1)c1cccs1. The highest BCUT2D eigenvalue weighted by molar-refractivity contribution is 7.10. The number of thiophene rings is 1. The first-order valence-corrected chi connectivity index (χ1v) is 7.61. The number of carbonyl (C=O) groups excluding carboxylic acids is 1. The lowest BCUT2D eigenvalue weighted by molar-refractivity contribution is -0.148. The second-order valence-electron chi connectivity index (χ2n) is 4.94. The van der Waals surface area contributed by atoms with E-state index in [4.69, 9.17) is 9.84 Å².